The number of esters is 1. The summed E-state index contributed by atoms with van der Waals surface area (Å²) >= 11 is 0. The second kappa shape index (κ2) is 8.81. The second-order valence-electron chi connectivity index (χ2n) is 9.51. The summed E-state index contributed by atoms with van der Waals surface area (Å²) in [5.41, 5.74) is 0.552. The molecule has 5 rings (SSSR count). The van der Waals surface area contributed by atoms with Crippen molar-refractivity contribution in [2.75, 3.05) is 18.5 Å². The minimum atomic E-state index is -0.541. The van der Waals surface area contributed by atoms with Crippen molar-refractivity contribution in [3.8, 4) is 0 Å². The lowest BCUT2D eigenvalue weighted by Gasteiger charge is -2.55. The molecule has 4 aliphatic carbocycles. The first kappa shape index (κ1) is 21.5. The van der Waals surface area contributed by atoms with Gasteiger partial charge in [0.25, 0.3) is 5.91 Å². The van der Waals surface area contributed by atoms with E-state index in [1.807, 2.05) is 0 Å². The second-order valence-corrected chi connectivity index (χ2v) is 9.51. The summed E-state index contributed by atoms with van der Waals surface area (Å²) in [6.07, 6.45) is 6.80. The van der Waals surface area contributed by atoms with Gasteiger partial charge in [-0.25, -0.2) is 0 Å². The van der Waals surface area contributed by atoms with Crippen LogP contribution in [0.15, 0.2) is 24.3 Å². The van der Waals surface area contributed by atoms with E-state index in [2.05, 4.69) is 10.6 Å². The first-order valence-corrected chi connectivity index (χ1v) is 11.2. The van der Waals surface area contributed by atoms with Gasteiger partial charge in [0.2, 0.25) is 5.91 Å². The fourth-order valence-corrected chi connectivity index (χ4v) is 6.16. The Hall–Kier alpha value is -2.70. The molecule has 4 fully saturated rings. The van der Waals surface area contributed by atoms with E-state index >= 15 is 0 Å². The number of para-hydroxylation sites is 1. The number of anilines is 1. The van der Waals surface area contributed by atoms with Gasteiger partial charge in [0.15, 0.2) is 12.4 Å². The van der Waals surface area contributed by atoms with Gasteiger partial charge in [-0.2, -0.15) is 0 Å². The van der Waals surface area contributed by atoms with Gasteiger partial charge >= 0.3 is 5.97 Å². The number of rotatable bonds is 8. The van der Waals surface area contributed by atoms with Crippen molar-refractivity contribution < 1.29 is 23.9 Å². The van der Waals surface area contributed by atoms with Crippen molar-refractivity contribution >= 4 is 29.3 Å². The summed E-state index contributed by atoms with van der Waals surface area (Å²) in [6, 6.07) is 6.66. The van der Waals surface area contributed by atoms with Crippen molar-refractivity contribution in [1.29, 1.82) is 0 Å². The van der Waals surface area contributed by atoms with Crippen LogP contribution in [0.2, 0.25) is 0 Å². The highest BCUT2D eigenvalue weighted by atomic mass is 16.5. The highest BCUT2D eigenvalue weighted by Gasteiger charge is 2.54. The number of carbonyl (C=O) groups excluding carboxylic acids is 4. The molecule has 31 heavy (non-hydrogen) atoms. The molecule has 0 radical (unpaired) electrons. The normalized spacial score (nSPS) is 28.1. The molecule has 4 aliphatic rings. The Kier molecular flexibility index (Phi) is 6.12. The quantitative estimate of drug-likeness (QED) is 0.491. The van der Waals surface area contributed by atoms with Gasteiger partial charge in [0.05, 0.1) is 12.1 Å². The Morgan fingerprint density at radius 1 is 1.00 bits per heavy atom. The maximum atomic E-state index is 12.9. The van der Waals surface area contributed by atoms with E-state index < -0.39 is 18.5 Å². The number of nitrogens with one attached hydrogen (secondary N) is 2. The van der Waals surface area contributed by atoms with Crippen molar-refractivity contribution in [2.24, 2.45) is 23.2 Å². The number of Topliss-reactive ketones (excluding diaryl/α,β-unsaturated/α-hetero) is 1. The van der Waals surface area contributed by atoms with Crippen molar-refractivity contribution in [3.05, 3.63) is 29.8 Å². The van der Waals surface area contributed by atoms with Crippen LogP contribution in [-0.4, -0.2) is 36.7 Å². The summed E-state index contributed by atoms with van der Waals surface area (Å²) in [4.78, 5) is 48.6. The Morgan fingerprint density at radius 2 is 1.61 bits per heavy atom. The van der Waals surface area contributed by atoms with E-state index in [4.69, 9.17) is 4.74 Å². The van der Waals surface area contributed by atoms with Crippen LogP contribution in [0.25, 0.3) is 0 Å². The largest absolute Gasteiger partial charge is 0.456 e. The molecule has 4 bridgehead atoms. The smallest absolute Gasteiger partial charge is 0.308 e. The molecular formula is C24H30N2O5. The average molecular weight is 427 g/mol. The standard InChI is InChI=1S/C24H30N2O5/c1-15(27)19-4-2-3-5-20(19)26-21(28)14-31-22(29)6-7-25-23(30)24-11-16-8-17(12-24)10-18(9-16)13-24/h2-5,16-18H,6-14H2,1H3,(H,25,30)(H,26,28). The summed E-state index contributed by atoms with van der Waals surface area (Å²) in [5.74, 6) is 0.928. The number of hydrogen-bond donors (Lipinski definition) is 2. The minimum absolute atomic E-state index is 0.0232. The summed E-state index contributed by atoms with van der Waals surface area (Å²) in [7, 11) is 0. The van der Waals surface area contributed by atoms with Crippen LogP contribution in [0.5, 0.6) is 0 Å². The van der Waals surface area contributed by atoms with E-state index in [0.29, 0.717) is 29.0 Å². The van der Waals surface area contributed by atoms with Gasteiger partial charge < -0.3 is 15.4 Å². The van der Waals surface area contributed by atoms with Crippen molar-refractivity contribution in [1.82, 2.24) is 5.32 Å². The fourth-order valence-electron chi connectivity index (χ4n) is 6.16. The zero-order valence-electron chi connectivity index (χ0n) is 17.9. The molecule has 0 aliphatic heterocycles. The molecule has 0 unspecified atom stereocenters. The third-order valence-corrected chi connectivity index (χ3v) is 7.08. The van der Waals surface area contributed by atoms with Crippen LogP contribution in [-0.2, 0) is 19.1 Å². The number of ether oxygens (including phenoxy) is 1. The zero-order valence-corrected chi connectivity index (χ0v) is 17.9. The van der Waals surface area contributed by atoms with Gasteiger partial charge in [-0.15, -0.1) is 0 Å². The Morgan fingerprint density at radius 3 is 2.23 bits per heavy atom. The maximum Gasteiger partial charge on any atom is 0.308 e. The molecule has 2 amide bonds. The lowest BCUT2D eigenvalue weighted by molar-refractivity contribution is -0.148. The van der Waals surface area contributed by atoms with Gasteiger partial charge in [0.1, 0.15) is 0 Å². The highest BCUT2D eigenvalue weighted by molar-refractivity contribution is 6.04. The molecule has 4 saturated carbocycles. The third-order valence-electron chi connectivity index (χ3n) is 7.08. The number of carbonyl (C=O) groups is 4. The first-order valence-electron chi connectivity index (χ1n) is 11.2. The Bertz CT molecular complexity index is 858. The molecule has 0 spiro atoms. The van der Waals surface area contributed by atoms with Gasteiger partial charge in [-0.1, -0.05) is 12.1 Å². The van der Waals surface area contributed by atoms with Crippen LogP contribution in [0.1, 0.15) is 62.2 Å². The summed E-state index contributed by atoms with van der Waals surface area (Å²) in [6.45, 7) is 1.20. The molecule has 1 aromatic carbocycles. The molecule has 0 saturated heterocycles. The Balaban J connectivity index is 1.18. The van der Waals surface area contributed by atoms with E-state index in [1.54, 1.807) is 24.3 Å². The predicted octanol–water partition coefficient (Wildman–Crippen LogP) is 3.09. The lowest BCUT2D eigenvalue weighted by Crippen LogP contribution is -2.53. The topological polar surface area (TPSA) is 102 Å². The molecule has 1 aromatic rings. The number of hydrogen-bond acceptors (Lipinski definition) is 5. The number of benzene rings is 1. The molecule has 0 aromatic heterocycles. The maximum absolute atomic E-state index is 12.9. The van der Waals surface area contributed by atoms with Crippen LogP contribution >= 0.6 is 0 Å². The zero-order chi connectivity index (χ0) is 22.0. The molecule has 2 N–H and O–H groups in total. The average Bonchev–Trinajstić information content (AvgIpc) is 2.71. The number of amides is 2. The third kappa shape index (κ3) is 4.81. The van der Waals surface area contributed by atoms with Crippen LogP contribution in [0.3, 0.4) is 0 Å². The van der Waals surface area contributed by atoms with Crippen LogP contribution in [0.4, 0.5) is 5.69 Å². The van der Waals surface area contributed by atoms with Gasteiger partial charge in [-0.05, 0) is 75.3 Å². The molecule has 0 heterocycles. The van der Waals surface area contributed by atoms with Crippen LogP contribution < -0.4 is 10.6 Å². The van der Waals surface area contributed by atoms with Crippen molar-refractivity contribution in [3.63, 3.8) is 0 Å². The molecule has 7 nitrogen and oxygen atoms in total. The van der Waals surface area contributed by atoms with E-state index in [-0.39, 0.29) is 30.1 Å². The lowest BCUT2D eigenvalue weighted by atomic mass is 9.49. The molecule has 166 valence electrons. The minimum Gasteiger partial charge on any atom is -0.456 e. The number of ketones is 1. The van der Waals surface area contributed by atoms with Gasteiger partial charge in [0, 0.05) is 17.5 Å². The van der Waals surface area contributed by atoms with Crippen molar-refractivity contribution in [2.45, 2.75) is 51.9 Å². The highest BCUT2D eigenvalue weighted by Crippen LogP contribution is 2.60. The predicted molar refractivity (Wildman–Crippen MR) is 114 cm³/mol. The summed E-state index contributed by atoms with van der Waals surface area (Å²) < 4.78 is 5.02. The van der Waals surface area contributed by atoms with E-state index in [9.17, 15) is 19.2 Å². The van der Waals surface area contributed by atoms with E-state index in [1.165, 1.54) is 26.2 Å². The van der Waals surface area contributed by atoms with Crippen LogP contribution in [0, 0.1) is 23.2 Å². The van der Waals surface area contributed by atoms with Gasteiger partial charge in [-0.3, -0.25) is 19.2 Å². The molecular weight excluding hydrogens is 396 g/mol. The first-order chi connectivity index (χ1) is 14.8. The molecule has 0 atom stereocenters. The Labute approximate surface area is 182 Å². The molecule has 7 heteroatoms. The monoisotopic (exact) mass is 426 g/mol. The SMILES string of the molecule is CC(=O)c1ccccc1NC(=O)COC(=O)CCNC(=O)C12CC3CC(CC(C3)C1)C2. The van der Waals surface area contributed by atoms with E-state index in [0.717, 1.165) is 19.3 Å². The summed E-state index contributed by atoms with van der Waals surface area (Å²) in [5, 5.41) is 5.53. The fraction of sp³-hybridized carbons (Fsp3) is 0.583.